The first-order chi connectivity index (χ1) is 22.0. The summed E-state index contributed by atoms with van der Waals surface area (Å²) in [5.41, 5.74) is 3.20. The average Bonchev–Trinajstić information content (AvgIpc) is 3.53. The van der Waals surface area contributed by atoms with E-state index >= 15 is 0 Å². The molecule has 2 heterocycles. The van der Waals surface area contributed by atoms with Crippen LogP contribution in [0, 0.1) is 0 Å². The Morgan fingerprint density at radius 1 is 0.644 bits per heavy atom. The molecule has 9 nitrogen and oxygen atoms in total. The van der Waals surface area contributed by atoms with Crippen LogP contribution >= 0.6 is 0 Å². The lowest BCUT2D eigenvalue weighted by Crippen LogP contribution is -2.13. The van der Waals surface area contributed by atoms with E-state index < -0.39 is 17.9 Å². The zero-order chi connectivity index (χ0) is 31.2. The smallest absolute Gasteiger partial charge is 0.357 e. The molecule has 0 saturated heterocycles. The number of esters is 3. The Morgan fingerprint density at radius 3 is 1.69 bits per heavy atom. The van der Waals surface area contributed by atoms with Crippen LogP contribution in [0.4, 0.5) is 0 Å². The van der Waals surface area contributed by atoms with Gasteiger partial charge in [-0.15, -0.1) is 0 Å². The fourth-order valence-corrected chi connectivity index (χ4v) is 4.91. The molecule has 0 aliphatic heterocycles. The van der Waals surface area contributed by atoms with E-state index in [2.05, 4.69) is 9.97 Å². The first-order valence-corrected chi connectivity index (χ1v) is 14.2. The van der Waals surface area contributed by atoms with Gasteiger partial charge in [-0.25, -0.2) is 19.4 Å². The van der Waals surface area contributed by atoms with E-state index in [9.17, 15) is 14.4 Å². The van der Waals surface area contributed by atoms with Crippen molar-refractivity contribution >= 4 is 39.7 Å². The molecule has 45 heavy (non-hydrogen) atoms. The van der Waals surface area contributed by atoms with Gasteiger partial charge >= 0.3 is 17.9 Å². The molecule has 4 aromatic carbocycles. The second-order valence-corrected chi connectivity index (χ2v) is 10.2. The van der Waals surface area contributed by atoms with Crippen LogP contribution in [0.5, 0.6) is 5.75 Å². The molecule has 0 fully saturated rings. The summed E-state index contributed by atoms with van der Waals surface area (Å²) < 4.78 is 22.4. The van der Waals surface area contributed by atoms with Gasteiger partial charge in [0.15, 0.2) is 0 Å². The normalized spacial score (nSPS) is 10.9. The highest BCUT2D eigenvalue weighted by atomic mass is 16.5. The molecular formula is C36H28N2O7. The van der Waals surface area contributed by atoms with Gasteiger partial charge in [-0.2, -0.15) is 0 Å². The van der Waals surface area contributed by atoms with Gasteiger partial charge in [-0.3, -0.25) is 0 Å². The molecule has 2 aromatic heterocycles. The van der Waals surface area contributed by atoms with Crippen molar-refractivity contribution in [1.82, 2.24) is 9.97 Å². The van der Waals surface area contributed by atoms with Crippen molar-refractivity contribution in [3.05, 3.63) is 143 Å². The van der Waals surface area contributed by atoms with Crippen molar-refractivity contribution < 1.29 is 33.3 Å². The summed E-state index contributed by atoms with van der Waals surface area (Å²) in [6.45, 7) is 0.118. The van der Waals surface area contributed by atoms with E-state index in [1.165, 1.54) is 13.2 Å². The number of hydrogen-bond acceptors (Lipinski definition) is 8. The number of aromatic nitrogens is 2. The maximum Gasteiger partial charge on any atom is 0.357 e. The average molecular weight is 601 g/mol. The lowest BCUT2D eigenvalue weighted by molar-refractivity contribution is 0.0455. The van der Waals surface area contributed by atoms with Crippen LogP contribution < -0.4 is 4.74 Å². The van der Waals surface area contributed by atoms with Crippen molar-refractivity contribution in [2.75, 3.05) is 7.11 Å². The van der Waals surface area contributed by atoms with Gasteiger partial charge < -0.3 is 23.9 Å². The molecule has 0 saturated carbocycles. The van der Waals surface area contributed by atoms with Crippen LogP contribution in [0.15, 0.2) is 109 Å². The molecule has 0 spiro atoms. The van der Waals surface area contributed by atoms with Gasteiger partial charge in [-0.1, -0.05) is 91.0 Å². The molecule has 224 valence electrons. The van der Waals surface area contributed by atoms with Crippen LogP contribution in [0.1, 0.15) is 48.0 Å². The van der Waals surface area contributed by atoms with Crippen LogP contribution in [-0.4, -0.2) is 35.0 Å². The second-order valence-electron chi connectivity index (χ2n) is 10.2. The topological polar surface area (TPSA) is 117 Å². The van der Waals surface area contributed by atoms with Crippen LogP contribution in [-0.2, 0) is 34.0 Å². The summed E-state index contributed by atoms with van der Waals surface area (Å²) in [4.78, 5) is 47.6. The third-order valence-electron chi connectivity index (χ3n) is 7.14. The highest BCUT2D eigenvalue weighted by molar-refractivity contribution is 6.18. The van der Waals surface area contributed by atoms with Gasteiger partial charge in [0.2, 0.25) is 0 Å². The number of carbonyl (C=O) groups is 3. The van der Waals surface area contributed by atoms with Gasteiger partial charge in [0.25, 0.3) is 0 Å². The number of hydrogen-bond donors (Lipinski definition) is 1. The number of methoxy groups -OCH3 is 1. The molecule has 0 radical (unpaired) electrons. The number of benzene rings is 4. The molecule has 0 atom stereocenters. The predicted molar refractivity (Wildman–Crippen MR) is 167 cm³/mol. The lowest BCUT2D eigenvalue weighted by atomic mass is 10.0. The molecule has 0 amide bonds. The third-order valence-corrected chi connectivity index (χ3v) is 7.14. The minimum atomic E-state index is -0.725. The van der Waals surface area contributed by atoms with Gasteiger partial charge in [0, 0.05) is 10.8 Å². The van der Waals surface area contributed by atoms with Crippen molar-refractivity contribution in [3.8, 4) is 5.75 Å². The predicted octanol–water partition coefficient (Wildman–Crippen LogP) is 6.80. The van der Waals surface area contributed by atoms with Crippen molar-refractivity contribution in [3.63, 3.8) is 0 Å². The summed E-state index contributed by atoms with van der Waals surface area (Å²) in [6.07, 6.45) is 0. The van der Waals surface area contributed by atoms with Crippen molar-refractivity contribution in [2.45, 2.75) is 19.8 Å². The van der Waals surface area contributed by atoms with Crippen LogP contribution in [0.2, 0.25) is 0 Å². The number of aromatic amines is 1. The molecular weight excluding hydrogens is 572 g/mol. The third kappa shape index (κ3) is 6.52. The largest absolute Gasteiger partial charge is 0.494 e. The van der Waals surface area contributed by atoms with E-state index in [-0.39, 0.29) is 48.0 Å². The fraction of sp³-hybridized carbons (Fsp3) is 0.111. The monoisotopic (exact) mass is 600 g/mol. The molecule has 6 rings (SSSR count). The highest BCUT2D eigenvalue weighted by Gasteiger charge is 2.25. The van der Waals surface area contributed by atoms with Gasteiger partial charge in [0.1, 0.15) is 42.5 Å². The molecule has 0 aliphatic carbocycles. The lowest BCUT2D eigenvalue weighted by Gasteiger charge is -2.13. The number of H-pyrrole nitrogens is 1. The molecule has 0 bridgehead atoms. The van der Waals surface area contributed by atoms with Crippen molar-refractivity contribution in [2.24, 2.45) is 0 Å². The Hall–Kier alpha value is -5.96. The number of nitrogens with one attached hydrogen (secondary N) is 1. The standard InChI is InChI=1S/C36H28N2O7/c1-42-30-18-26-17-28(35(40)44-21-24-13-7-3-8-14-24)37-32(26)31-27(34(39)43-20-23-11-5-2-6-12-23)19-29(38-33(30)31)36(41)45-22-25-15-9-4-10-16-25/h2-19,37H,20-22H2,1H3. The molecule has 0 aliphatic rings. The van der Waals surface area contributed by atoms with E-state index in [0.29, 0.717) is 16.3 Å². The van der Waals surface area contributed by atoms with E-state index in [1.54, 1.807) is 12.1 Å². The minimum Gasteiger partial charge on any atom is -0.494 e. The fourth-order valence-electron chi connectivity index (χ4n) is 4.91. The first-order valence-electron chi connectivity index (χ1n) is 14.2. The number of nitrogens with zero attached hydrogens (tertiary/aromatic N) is 1. The first kappa shape index (κ1) is 29.1. The van der Waals surface area contributed by atoms with Crippen LogP contribution in [0.3, 0.4) is 0 Å². The molecule has 1 N–H and O–H groups in total. The highest BCUT2D eigenvalue weighted by Crippen LogP contribution is 2.36. The van der Waals surface area contributed by atoms with Crippen LogP contribution in [0.25, 0.3) is 21.8 Å². The Kier molecular flexibility index (Phi) is 8.50. The van der Waals surface area contributed by atoms with Gasteiger partial charge in [0.05, 0.1) is 18.2 Å². The zero-order valence-electron chi connectivity index (χ0n) is 24.3. The Bertz CT molecular complexity index is 1990. The van der Waals surface area contributed by atoms with Crippen molar-refractivity contribution in [1.29, 1.82) is 0 Å². The maximum absolute atomic E-state index is 13.7. The van der Waals surface area contributed by atoms with E-state index in [4.69, 9.17) is 18.9 Å². The Balaban J connectivity index is 1.40. The maximum atomic E-state index is 13.7. The molecule has 9 heteroatoms. The summed E-state index contributed by atoms with van der Waals surface area (Å²) in [5, 5.41) is 0.897. The summed E-state index contributed by atoms with van der Waals surface area (Å²) >= 11 is 0. The SMILES string of the molecule is COc1cc2cc(C(=O)OCc3ccccc3)[nH]c2c2c(C(=O)OCc3ccccc3)cc(C(=O)OCc3ccccc3)nc12. The number of carbonyl (C=O) groups excluding carboxylic acids is 3. The Morgan fingerprint density at radius 2 is 1.16 bits per heavy atom. The number of rotatable bonds is 10. The number of ether oxygens (including phenoxy) is 4. The molecule has 6 aromatic rings. The number of pyridine rings is 1. The Labute approximate surface area is 258 Å². The van der Waals surface area contributed by atoms with E-state index in [1.807, 2.05) is 91.0 Å². The quantitative estimate of drug-likeness (QED) is 0.135. The molecule has 0 unspecified atom stereocenters. The van der Waals surface area contributed by atoms with E-state index in [0.717, 1.165) is 16.7 Å². The minimum absolute atomic E-state index is 0.00613. The summed E-state index contributed by atoms with van der Waals surface area (Å²) in [7, 11) is 1.46. The summed E-state index contributed by atoms with van der Waals surface area (Å²) in [5.74, 6) is -1.71. The van der Waals surface area contributed by atoms with Gasteiger partial charge in [-0.05, 0) is 34.9 Å². The second kappa shape index (κ2) is 13.1. The zero-order valence-corrected chi connectivity index (χ0v) is 24.3. The summed E-state index contributed by atoms with van der Waals surface area (Å²) in [6, 6.07) is 32.4. The number of fused-ring (bicyclic) bond motifs is 3.